The molecule has 0 spiro atoms. The fraction of sp³-hybridized carbons (Fsp3) is 0.0833. The van der Waals surface area contributed by atoms with Gasteiger partial charge in [-0.05, 0) is 16.3 Å². The van der Waals surface area contributed by atoms with Gasteiger partial charge in [-0.25, -0.2) is 0 Å². The van der Waals surface area contributed by atoms with Gasteiger partial charge in [0, 0.05) is 10.9 Å². The van der Waals surface area contributed by atoms with Crippen molar-refractivity contribution in [3.63, 3.8) is 0 Å². The molecule has 0 aliphatic rings. The molecule has 0 saturated carbocycles. The Balaban J connectivity index is 2.88. The molecular weight excluding hydrogens is 240 g/mol. The summed E-state index contributed by atoms with van der Waals surface area (Å²) in [4.78, 5) is 10.9. The van der Waals surface area contributed by atoms with Gasteiger partial charge in [-0.2, -0.15) is 0 Å². The normalized spacial score (nSPS) is 10.4. The lowest BCUT2D eigenvalue weighted by atomic mass is 10.0. The Morgan fingerprint density at radius 2 is 1.86 bits per heavy atom. The summed E-state index contributed by atoms with van der Waals surface area (Å²) >= 11 is 3.43. The Kier molecular flexibility index (Phi) is 2.64. The molecule has 1 nitrogen and oxygen atoms in total. The molecule has 0 radical (unpaired) electrons. The fourth-order valence-corrected chi connectivity index (χ4v) is 2.13. The standard InChI is InChI=1S/C12H9BrO/c13-7-10-5-1-3-9-4-2-6-11(8-14)12(9)10/h1-6,8H,7H2. The number of hydrogen-bond acceptors (Lipinski definition) is 1. The number of carbonyl (C=O) groups is 1. The van der Waals surface area contributed by atoms with E-state index in [4.69, 9.17) is 0 Å². The van der Waals surface area contributed by atoms with Gasteiger partial charge >= 0.3 is 0 Å². The van der Waals surface area contributed by atoms with E-state index in [1.807, 2.05) is 36.4 Å². The van der Waals surface area contributed by atoms with Gasteiger partial charge in [0.1, 0.15) is 0 Å². The number of carbonyl (C=O) groups excluding carboxylic acids is 1. The van der Waals surface area contributed by atoms with Crippen LogP contribution >= 0.6 is 15.9 Å². The largest absolute Gasteiger partial charge is 0.298 e. The first-order valence-corrected chi connectivity index (χ1v) is 5.50. The molecule has 0 atom stereocenters. The zero-order valence-electron chi connectivity index (χ0n) is 7.53. The quantitative estimate of drug-likeness (QED) is 0.587. The van der Waals surface area contributed by atoms with E-state index in [1.54, 1.807) is 0 Å². The Morgan fingerprint density at radius 1 is 1.14 bits per heavy atom. The predicted molar refractivity (Wildman–Crippen MR) is 62.0 cm³/mol. The number of alkyl halides is 1. The van der Waals surface area contributed by atoms with Crippen molar-refractivity contribution >= 4 is 33.0 Å². The summed E-state index contributed by atoms with van der Waals surface area (Å²) in [7, 11) is 0. The molecule has 0 aromatic heterocycles. The van der Waals surface area contributed by atoms with E-state index in [2.05, 4.69) is 15.9 Å². The molecule has 0 saturated heterocycles. The van der Waals surface area contributed by atoms with Gasteiger partial charge in [0.2, 0.25) is 0 Å². The molecule has 0 aliphatic heterocycles. The Labute approximate surface area is 90.9 Å². The maximum atomic E-state index is 10.9. The summed E-state index contributed by atoms with van der Waals surface area (Å²) in [6, 6.07) is 11.8. The zero-order chi connectivity index (χ0) is 9.97. The van der Waals surface area contributed by atoms with Gasteiger partial charge in [0.15, 0.2) is 6.29 Å². The Hall–Kier alpha value is -1.15. The number of rotatable bonds is 2. The second kappa shape index (κ2) is 3.93. The number of halogens is 1. The third kappa shape index (κ3) is 1.46. The second-order valence-corrected chi connectivity index (χ2v) is 3.67. The molecule has 0 heterocycles. The molecule has 14 heavy (non-hydrogen) atoms. The van der Waals surface area contributed by atoms with Gasteiger partial charge in [0.25, 0.3) is 0 Å². The second-order valence-electron chi connectivity index (χ2n) is 3.11. The van der Waals surface area contributed by atoms with Crippen LogP contribution in [0.3, 0.4) is 0 Å². The molecule has 0 N–H and O–H groups in total. The van der Waals surface area contributed by atoms with Crippen LogP contribution in [0.4, 0.5) is 0 Å². The zero-order valence-corrected chi connectivity index (χ0v) is 9.12. The maximum Gasteiger partial charge on any atom is 0.150 e. The number of hydrogen-bond donors (Lipinski definition) is 0. The van der Waals surface area contributed by atoms with Crippen molar-refractivity contribution in [2.24, 2.45) is 0 Å². The molecule has 0 amide bonds. The third-order valence-electron chi connectivity index (χ3n) is 2.29. The monoisotopic (exact) mass is 248 g/mol. The highest BCUT2D eigenvalue weighted by molar-refractivity contribution is 9.08. The molecule has 2 aromatic rings. The van der Waals surface area contributed by atoms with Crippen molar-refractivity contribution in [1.82, 2.24) is 0 Å². The van der Waals surface area contributed by atoms with Gasteiger partial charge in [-0.1, -0.05) is 52.3 Å². The molecule has 2 aromatic carbocycles. The first-order valence-electron chi connectivity index (χ1n) is 4.38. The molecule has 0 fully saturated rings. The lowest BCUT2D eigenvalue weighted by Crippen LogP contribution is -1.88. The van der Waals surface area contributed by atoms with E-state index in [0.717, 1.165) is 33.5 Å². The van der Waals surface area contributed by atoms with Crippen molar-refractivity contribution < 1.29 is 4.79 Å². The molecule has 70 valence electrons. The SMILES string of the molecule is O=Cc1cccc2cccc(CBr)c12. The first-order chi connectivity index (χ1) is 6.86. The van der Waals surface area contributed by atoms with Crippen molar-refractivity contribution in [3.8, 4) is 0 Å². The van der Waals surface area contributed by atoms with Crippen LogP contribution in [-0.2, 0) is 5.33 Å². The summed E-state index contributed by atoms with van der Waals surface area (Å²) in [5.74, 6) is 0. The topological polar surface area (TPSA) is 17.1 Å². The average molecular weight is 249 g/mol. The van der Waals surface area contributed by atoms with Crippen molar-refractivity contribution in [2.45, 2.75) is 5.33 Å². The average Bonchev–Trinajstić information content (AvgIpc) is 2.27. The Bertz CT molecular complexity index is 471. The van der Waals surface area contributed by atoms with Crippen LogP contribution in [0.5, 0.6) is 0 Å². The molecule has 0 aliphatic carbocycles. The third-order valence-corrected chi connectivity index (χ3v) is 2.90. The van der Waals surface area contributed by atoms with Crippen LogP contribution in [0.1, 0.15) is 15.9 Å². The van der Waals surface area contributed by atoms with E-state index in [0.29, 0.717) is 0 Å². The van der Waals surface area contributed by atoms with E-state index in [9.17, 15) is 4.79 Å². The number of fused-ring (bicyclic) bond motifs is 1. The van der Waals surface area contributed by atoms with Crippen LogP contribution in [0, 0.1) is 0 Å². The minimum atomic E-state index is 0.762. The summed E-state index contributed by atoms with van der Waals surface area (Å²) in [5, 5.41) is 2.95. The Morgan fingerprint density at radius 3 is 2.50 bits per heavy atom. The van der Waals surface area contributed by atoms with Gasteiger partial charge < -0.3 is 0 Å². The maximum absolute atomic E-state index is 10.9. The predicted octanol–water partition coefficient (Wildman–Crippen LogP) is 3.55. The fourth-order valence-electron chi connectivity index (χ4n) is 1.66. The minimum Gasteiger partial charge on any atom is -0.298 e. The van der Waals surface area contributed by atoms with E-state index < -0.39 is 0 Å². The summed E-state index contributed by atoms with van der Waals surface area (Å²) in [6.07, 6.45) is 0.911. The molecular formula is C12H9BrO. The lowest BCUT2D eigenvalue weighted by Gasteiger charge is -2.05. The number of benzene rings is 2. The van der Waals surface area contributed by atoms with E-state index in [1.165, 1.54) is 0 Å². The highest BCUT2D eigenvalue weighted by Gasteiger charge is 2.03. The molecule has 2 rings (SSSR count). The summed E-state index contributed by atoms with van der Waals surface area (Å²) in [6.45, 7) is 0. The smallest absolute Gasteiger partial charge is 0.150 e. The number of aldehydes is 1. The van der Waals surface area contributed by atoms with E-state index >= 15 is 0 Å². The van der Waals surface area contributed by atoms with E-state index in [-0.39, 0.29) is 0 Å². The molecule has 2 heteroatoms. The summed E-state index contributed by atoms with van der Waals surface area (Å²) < 4.78 is 0. The van der Waals surface area contributed by atoms with Crippen LogP contribution in [0.25, 0.3) is 10.8 Å². The summed E-state index contributed by atoms with van der Waals surface area (Å²) in [5.41, 5.74) is 1.92. The van der Waals surface area contributed by atoms with Crippen LogP contribution in [-0.4, -0.2) is 6.29 Å². The van der Waals surface area contributed by atoms with Crippen molar-refractivity contribution in [3.05, 3.63) is 47.5 Å². The first kappa shape index (κ1) is 9.41. The van der Waals surface area contributed by atoms with Gasteiger partial charge in [-0.15, -0.1) is 0 Å². The lowest BCUT2D eigenvalue weighted by molar-refractivity contribution is 0.112. The van der Waals surface area contributed by atoms with Gasteiger partial charge in [-0.3, -0.25) is 4.79 Å². The van der Waals surface area contributed by atoms with Crippen molar-refractivity contribution in [2.75, 3.05) is 0 Å². The van der Waals surface area contributed by atoms with Crippen LogP contribution < -0.4 is 0 Å². The minimum absolute atomic E-state index is 0.762. The molecule has 0 unspecified atom stereocenters. The van der Waals surface area contributed by atoms with Gasteiger partial charge in [0.05, 0.1) is 0 Å². The van der Waals surface area contributed by atoms with Crippen LogP contribution in [0.15, 0.2) is 36.4 Å². The van der Waals surface area contributed by atoms with Crippen LogP contribution in [0.2, 0.25) is 0 Å². The highest BCUT2D eigenvalue weighted by Crippen LogP contribution is 2.23. The molecule has 0 bridgehead atoms. The van der Waals surface area contributed by atoms with Crippen molar-refractivity contribution in [1.29, 1.82) is 0 Å². The highest BCUT2D eigenvalue weighted by atomic mass is 79.9.